The van der Waals surface area contributed by atoms with E-state index in [1.54, 1.807) is 24.3 Å². The molecule has 108 valence electrons. The second-order valence-corrected chi connectivity index (χ2v) is 4.87. The van der Waals surface area contributed by atoms with Crippen LogP contribution in [0.3, 0.4) is 0 Å². The molecule has 6 nitrogen and oxygen atoms in total. The molecule has 4 N–H and O–H groups in total. The first-order valence-corrected chi connectivity index (χ1v) is 6.79. The predicted molar refractivity (Wildman–Crippen MR) is 77.0 cm³/mol. The van der Waals surface area contributed by atoms with Crippen molar-refractivity contribution >= 4 is 11.7 Å². The number of carbonyl (C=O) groups is 1. The highest BCUT2D eigenvalue weighted by Crippen LogP contribution is 2.06. The van der Waals surface area contributed by atoms with Gasteiger partial charge in [0.1, 0.15) is 0 Å². The second kappa shape index (κ2) is 6.91. The Balaban J connectivity index is 1.82. The summed E-state index contributed by atoms with van der Waals surface area (Å²) in [6.07, 6.45) is 2.51. The third kappa shape index (κ3) is 3.71. The van der Waals surface area contributed by atoms with Crippen LogP contribution in [-0.2, 0) is 0 Å². The predicted octanol–water partition coefficient (Wildman–Crippen LogP) is 0.607. The lowest BCUT2D eigenvalue weighted by molar-refractivity contribution is 0.0950. The number of nitrogens with one attached hydrogen (secondary N) is 1. The summed E-state index contributed by atoms with van der Waals surface area (Å²) in [5.74, 6) is -0.0683. The first-order valence-electron chi connectivity index (χ1n) is 6.79. The third-order valence-electron chi connectivity index (χ3n) is 3.46. The molecule has 0 aliphatic carbocycles. The van der Waals surface area contributed by atoms with Crippen molar-refractivity contribution in [3.05, 3.63) is 35.4 Å². The second-order valence-electron chi connectivity index (χ2n) is 4.87. The smallest absolute Gasteiger partial charge is 0.251 e. The van der Waals surface area contributed by atoms with Crippen LogP contribution in [-0.4, -0.2) is 48.0 Å². The summed E-state index contributed by atoms with van der Waals surface area (Å²) in [6, 6.07) is 6.64. The topological polar surface area (TPSA) is 91.0 Å². The highest BCUT2D eigenvalue weighted by atomic mass is 16.4. The van der Waals surface area contributed by atoms with Crippen LogP contribution >= 0.6 is 0 Å². The number of amides is 1. The monoisotopic (exact) mass is 276 g/mol. The van der Waals surface area contributed by atoms with E-state index in [0.717, 1.165) is 19.6 Å². The molecule has 1 amide bonds. The van der Waals surface area contributed by atoms with Crippen LogP contribution in [0.25, 0.3) is 0 Å². The van der Waals surface area contributed by atoms with E-state index in [9.17, 15) is 4.79 Å². The summed E-state index contributed by atoms with van der Waals surface area (Å²) in [5, 5.41) is 14.4. The van der Waals surface area contributed by atoms with Crippen molar-refractivity contribution in [2.45, 2.75) is 12.8 Å². The summed E-state index contributed by atoms with van der Waals surface area (Å²) in [6.45, 7) is 3.81. The van der Waals surface area contributed by atoms with E-state index >= 15 is 0 Å². The van der Waals surface area contributed by atoms with Crippen molar-refractivity contribution in [2.24, 2.45) is 10.9 Å². The molecule has 6 heteroatoms. The van der Waals surface area contributed by atoms with E-state index in [-0.39, 0.29) is 11.7 Å². The van der Waals surface area contributed by atoms with Gasteiger partial charge in [0, 0.05) is 24.2 Å². The van der Waals surface area contributed by atoms with Gasteiger partial charge in [-0.2, -0.15) is 0 Å². The van der Waals surface area contributed by atoms with Crippen molar-refractivity contribution < 1.29 is 10.0 Å². The maximum Gasteiger partial charge on any atom is 0.251 e. The van der Waals surface area contributed by atoms with Gasteiger partial charge in [-0.3, -0.25) is 4.79 Å². The number of nitrogens with two attached hydrogens (primary N) is 1. The Bertz CT molecular complexity index is 478. The van der Waals surface area contributed by atoms with Crippen LogP contribution in [0.2, 0.25) is 0 Å². The number of nitrogens with zero attached hydrogens (tertiary/aromatic N) is 2. The Morgan fingerprint density at radius 3 is 2.45 bits per heavy atom. The van der Waals surface area contributed by atoms with Gasteiger partial charge in [-0.1, -0.05) is 17.3 Å². The molecule has 1 aliphatic heterocycles. The largest absolute Gasteiger partial charge is 0.409 e. The van der Waals surface area contributed by atoms with Gasteiger partial charge in [-0.25, -0.2) is 0 Å². The lowest BCUT2D eigenvalue weighted by Crippen LogP contribution is -2.33. The molecule has 0 unspecified atom stereocenters. The van der Waals surface area contributed by atoms with Crippen LogP contribution in [0.15, 0.2) is 29.4 Å². The molecule has 0 spiro atoms. The van der Waals surface area contributed by atoms with Crippen LogP contribution < -0.4 is 11.1 Å². The number of benzene rings is 1. The molecule has 0 atom stereocenters. The number of carbonyl (C=O) groups excluding carboxylic acids is 1. The Morgan fingerprint density at radius 2 is 1.85 bits per heavy atom. The molecular weight excluding hydrogens is 256 g/mol. The lowest BCUT2D eigenvalue weighted by atomic mass is 10.1. The molecule has 1 aromatic carbocycles. The zero-order valence-corrected chi connectivity index (χ0v) is 11.4. The quantitative estimate of drug-likeness (QED) is 0.318. The number of likely N-dealkylation sites (tertiary alicyclic amines) is 1. The summed E-state index contributed by atoms with van der Waals surface area (Å²) in [4.78, 5) is 14.3. The third-order valence-corrected chi connectivity index (χ3v) is 3.46. The van der Waals surface area contributed by atoms with Crippen LogP contribution in [0, 0.1) is 0 Å². The van der Waals surface area contributed by atoms with E-state index in [4.69, 9.17) is 10.9 Å². The van der Waals surface area contributed by atoms with Crippen LogP contribution in [0.4, 0.5) is 0 Å². The highest BCUT2D eigenvalue weighted by molar-refractivity contribution is 5.99. The number of amidine groups is 1. The first-order chi connectivity index (χ1) is 9.70. The molecule has 1 aliphatic rings. The van der Waals surface area contributed by atoms with Gasteiger partial charge in [0.25, 0.3) is 5.91 Å². The van der Waals surface area contributed by atoms with Crippen LogP contribution in [0.5, 0.6) is 0 Å². The fourth-order valence-electron chi connectivity index (χ4n) is 2.29. The number of oxime groups is 1. The van der Waals surface area contributed by atoms with Crippen molar-refractivity contribution in [1.29, 1.82) is 0 Å². The molecule has 1 aromatic rings. The molecule has 0 bridgehead atoms. The minimum Gasteiger partial charge on any atom is -0.409 e. The van der Waals surface area contributed by atoms with Crippen molar-refractivity contribution in [2.75, 3.05) is 26.2 Å². The van der Waals surface area contributed by atoms with Crippen molar-refractivity contribution in [1.82, 2.24) is 10.2 Å². The lowest BCUT2D eigenvalue weighted by Gasteiger charge is -2.14. The van der Waals surface area contributed by atoms with Gasteiger partial charge in [-0.05, 0) is 38.1 Å². The zero-order chi connectivity index (χ0) is 14.4. The highest BCUT2D eigenvalue weighted by Gasteiger charge is 2.11. The Labute approximate surface area is 118 Å². The Kier molecular flexibility index (Phi) is 4.95. The molecule has 1 heterocycles. The zero-order valence-electron chi connectivity index (χ0n) is 11.4. The summed E-state index contributed by atoms with van der Waals surface area (Å²) >= 11 is 0. The summed E-state index contributed by atoms with van der Waals surface area (Å²) in [5.41, 5.74) is 6.62. The van der Waals surface area contributed by atoms with Crippen molar-refractivity contribution in [3.8, 4) is 0 Å². The summed E-state index contributed by atoms with van der Waals surface area (Å²) in [7, 11) is 0. The minimum atomic E-state index is -0.102. The van der Waals surface area contributed by atoms with E-state index in [2.05, 4.69) is 15.4 Å². The Hall–Kier alpha value is -2.08. The average Bonchev–Trinajstić information content (AvgIpc) is 2.99. The minimum absolute atomic E-state index is 0.0333. The SMILES string of the molecule is NC(=NO)c1ccc(C(=O)NCCN2CCCC2)cc1. The van der Waals surface area contributed by atoms with Gasteiger partial charge < -0.3 is 21.2 Å². The fourth-order valence-corrected chi connectivity index (χ4v) is 2.29. The van der Waals surface area contributed by atoms with Crippen molar-refractivity contribution in [3.63, 3.8) is 0 Å². The van der Waals surface area contributed by atoms with Gasteiger partial charge >= 0.3 is 0 Å². The molecule has 1 fully saturated rings. The number of hydrogen-bond acceptors (Lipinski definition) is 4. The average molecular weight is 276 g/mol. The van der Waals surface area contributed by atoms with E-state index in [1.165, 1.54) is 12.8 Å². The van der Waals surface area contributed by atoms with Crippen LogP contribution in [0.1, 0.15) is 28.8 Å². The number of hydrogen-bond donors (Lipinski definition) is 3. The maximum absolute atomic E-state index is 11.9. The fraction of sp³-hybridized carbons (Fsp3) is 0.429. The van der Waals surface area contributed by atoms with E-state index in [1.807, 2.05) is 0 Å². The van der Waals surface area contributed by atoms with E-state index in [0.29, 0.717) is 17.7 Å². The molecule has 20 heavy (non-hydrogen) atoms. The molecule has 0 radical (unpaired) electrons. The maximum atomic E-state index is 11.9. The number of rotatable bonds is 5. The van der Waals surface area contributed by atoms with Gasteiger partial charge in [0.15, 0.2) is 5.84 Å². The Morgan fingerprint density at radius 1 is 1.25 bits per heavy atom. The molecule has 0 aromatic heterocycles. The molecule has 0 saturated carbocycles. The molecule has 2 rings (SSSR count). The van der Waals surface area contributed by atoms with Gasteiger partial charge in [0.2, 0.25) is 0 Å². The normalized spacial score (nSPS) is 16.3. The standard InChI is InChI=1S/C14H20N4O2/c15-13(17-20)11-3-5-12(6-4-11)14(19)16-7-10-18-8-1-2-9-18/h3-6,20H,1-2,7-10H2,(H2,15,17)(H,16,19). The van der Waals surface area contributed by atoms with Gasteiger partial charge in [0.05, 0.1) is 0 Å². The first kappa shape index (κ1) is 14.3. The molecular formula is C14H20N4O2. The summed E-state index contributed by atoms with van der Waals surface area (Å²) < 4.78 is 0. The molecule has 1 saturated heterocycles. The van der Waals surface area contributed by atoms with Gasteiger partial charge in [-0.15, -0.1) is 0 Å². The van der Waals surface area contributed by atoms with E-state index < -0.39 is 0 Å².